The van der Waals surface area contributed by atoms with E-state index in [-0.39, 0.29) is 24.1 Å². The molecule has 0 aromatic heterocycles. The van der Waals surface area contributed by atoms with Crippen LogP contribution in [0.2, 0.25) is 0 Å². The van der Waals surface area contributed by atoms with Crippen LogP contribution in [0.1, 0.15) is 41.9 Å². The van der Waals surface area contributed by atoms with Gasteiger partial charge in [-0.3, -0.25) is 9.59 Å². The number of hydrogen-bond acceptors (Lipinski definition) is 4. The van der Waals surface area contributed by atoms with Gasteiger partial charge in [-0.1, -0.05) is 24.3 Å². The first-order valence-electron chi connectivity index (χ1n) is 9.27. The molecule has 0 radical (unpaired) electrons. The van der Waals surface area contributed by atoms with Crippen molar-refractivity contribution in [2.45, 2.75) is 32.0 Å². The minimum atomic E-state index is -0.275. The van der Waals surface area contributed by atoms with Crippen LogP contribution in [0.4, 0.5) is 11.4 Å². The maximum absolute atomic E-state index is 13.2. The summed E-state index contributed by atoms with van der Waals surface area (Å²) >= 11 is 0. The van der Waals surface area contributed by atoms with E-state index >= 15 is 0 Å². The maximum Gasteiger partial charge on any atom is 0.257 e. The van der Waals surface area contributed by atoms with E-state index in [0.29, 0.717) is 12.1 Å². The summed E-state index contributed by atoms with van der Waals surface area (Å²) in [5, 5.41) is 6.26. The second-order valence-electron chi connectivity index (χ2n) is 6.99. The summed E-state index contributed by atoms with van der Waals surface area (Å²) in [6.07, 6.45) is 1.80. The lowest BCUT2D eigenvalue weighted by atomic mass is 10.0. The van der Waals surface area contributed by atoms with Crippen LogP contribution in [0.25, 0.3) is 0 Å². The van der Waals surface area contributed by atoms with E-state index in [4.69, 9.17) is 4.74 Å². The monoisotopic (exact) mass is 365 g/mol. The van der Waals surface area contributed by atoms with Gasteiger partial charge in [0.05, 0.1) is 11.7 Å². The van der Waals surface area contributed by atoms with Gasteiger partial charge in [0.2, 0.25) is 5.91 Å². The van der Waals surface area contributed by atoms with Crippen LogP contribution in [0, 0.1) is 0 Å². The van der Waals surface area contributed by atoms with Crippen molar-refractivity contribution in [2.24, 2.45) is 0 Å². The molecule has 2 atom stereocenters. The number of nitrogens with zero attached hydrogens (tertiary/aromatic N) is 1. The smallest absolute Gasteiger partial charge is 0.257 e. The summed E-state index contributed by atoms with van der Waals surface area (Å²) < 4.78 is 5.77. The third kappa shape index (κ3) is 3.66. The number of hydrogen-bond donors (Lipinski definition) is 2. The van der Waals surface area contributed by atoms with Gasteiger partial charge in [-0.25, -0.2) is 0 Å². The number of carbonyl (C=O) groups is 2. The molecule has 2 aliphatic heterocycles. The number of benzene rings is 2. The predicted octanol–water partition coefficient (Wildman–Crippen LogP) is 3.39. The van der Waals surface area contributed by atoms with Crippen LogP contribution in [0.15, 0.2) is 48.5 Å². The fourth-order valence-corrected chi connectivity index (χ4v) is 3.70. The van der Waals surface area contributed by atoms with Gasteiger partial charge in [0.1, 0.15) is 6.17 Å². The first-order valence-corrected chi connectivity index (χ1v) is 9.27. The number of anilines is 2. The van der Waals surface area contributed by atoms with Crippen LogP contribution in [0.5, 0.6) is 0 Å². The molecule has 140 valence electrons. The molecule has 0 aliphatic carbocycles. The summed E-state index contributed by atoms with van der Waals surface area (Å²) in [5.74, 6) is -0.0987. The van der Waals surface area contributed by atoms with Gasteiger partial charge in [0, 0.05) is 31.5 Å². The molecule has 1 saturated heterocycles. The third-order valence-corrected chi connectivity index (χ3v) is 4.99. The highest BCUT2D eigenvalue weighted by molar-refractivity contribution is 6.01. The SMILES string of the molecule is CC(=O)Nc1ccc([C@H]2Nc3ccccc3C(=O)N2C[C@H]2CCCO2)cc1. The fourth-order valence-electron chi connectivity index (χ4n) is 3.70. The van der Waals surface area contributed by atoms with Crippen LogP contribution >= 0.6 is 0 Å². The molecule has 4 rings (SSSR count). The van der Waals surface area contributed by atoms with Gasteiger partial charge in [-0.2, -0.15) is 0 Å². The van der Waals surface area contributed by atoms with E-state index in [2.05, 4.69) is 10.6 Å². The summed E-state index contributed by atoms with van der Waals surface area (Å²) in [7, 11) is 0. The normalized spacial score (nSPS) is 21.5. The Balaban J connectivity index is 1.65. The highest BCUT2D eigenvalue weighted by Gasteiger charge is 2.35. The zero-order chi connectivity index (χ0) is 18.8. The van der Waals surface area contributed by atoms with E-state index in [1.807, 2.05) is 53.4 Å². The van der Waals surface area contributed by atoms with Gasteiger partial charge in [0.25, 0.3) is 5.91 Å². The number of rotatable bonds is 4. The molecule has 2 amide bonds. The van der Waals surface area contributed by atoms with Crippen molar-refractivity contribution in [3.63, 3.8) is 0 Å². The summed E-state index contributed by atoms with van der Waals surface area (Å²) in [6, 6.07) is 15.2. The Labute approximate surface area is 158 Å². The van der Waals surface area contributed by atoms with Crippen LogP contribution in [-0.4, -0.2) is 36.0 Å². The van der Waals surface area contributed by atoms with Crippen molar-refractivity contribution < 1.29 is 14.3 Å². The van der Waals surface area contributed by atoms with Crippen molar-refractivity contribution in [1.29, 1.82) is 0 Å². The molecule has 0 unspecified atom stereocenters. The number of ether oxygens (including phenoxy) is 1. The van der Waals surface area contributed by atoms with Gasteiger partial charge in [-0.05, 0) is 42.7 Å². The Morgan fingerprint density at radius 1 is 1.22 bits per heavy atom. The Bertz CT molecular complexity index is 844. The van der Waals surface area contributed by atoms with Crippen LogP contribution < -0.4 is 10.6 Å². The standard InChI is InChI=1S/C21H23N3O3/c1-14(25)22-16-10-8-15(9-11-16)20-23-19-7-3-2-6-18(19)21(26)24(20)13-17-5-4-12-27-17/h2-3,6-11,17,20,23H,4-5,12-13H2,1H3,(H,22,25)/t17-,20+/m1/s1. The lowest BCUT2D eigenvalue weighted by molar-refractivity contribution is -0.114. The second-order valence-corrected chi connectivity index (χ2v) is 6.99. The molecular weight excluding hydrogens is 342 g/mol. The third-order valence-electron chi connectivity index (χ3n) is 4.99. The van der Waals surface area contributed by atoms with E-state index < -0.39 is 0 Å². The Hall–Kier alpha value is -2.86. The molecule has 2 aromatic rings. The molecule has 2 aliphatic rings. The molecule has 2 aromatic carbocycles. The topological polar surface area (TPSA) is 70.7 Å². The Morgan fingerprint density at radius 3 is 2.70 bits per heavy atom. The van der Waals surface area contributed by atoms with E-state index in [1.54, 1.807) is 0 Å². The molecule has 2 N–H and O–H groups in total. The molecule has 0 saturated carbocycles. The van der Waals surface area contributed by atoms with Crippen molar-refractivity contribution in [1.82, 2.24) is 4.90 Å². The van der Waals surface area contributed by atoms with Gasteiger partial charge in [-0.15, -0.1) is 0 Å². The van der Waals surface area contributed by atoms with Crippen molar-refractivity contribution in [3.8, 4) is 0 Å². The van der Waals surface area contributed by atoms with Gasteiger partial charge in [0.15, 0.2) is 0 Å². The lowest BCUT2D eigenvalue weighted by Gasteiger charge is -2.39. The number of para-hydroxylation sites is 1. The van der Waals surface area contributed by atoms with Crippen LogP contribution in [-0.2, 0) is 9.53 Å². The zero-order valence-corrected chi connectivity index (χ0v) is 15.3. The van der Waals surface area contributed by atoms with Crippen molar-refractivity contribution in [2.75, 3.05) is 23.8 Å². The average Bonchev–Trinajstić information content (AvgIpc) is 3.17. The quantitative estimate of drug-likeness (QED) is 0.871. The molecule has 2 heterocycles. The van der Waals surface area contributed by atoms with E-state index in [0.717, 1.165) is 36.4 Å². The number of amides is 2. The first kappa shape index (κ1) is 17.5. The molecule has 0 spiro atoms. The van der Waals surface area contributed by atoms with Gasteiger partial charge < -0.3 is 20.3 Å². The van der Waals surface area contributed by atoms with E-state index in [9.17, 15) is 9.59 Å². The maximum atomic E-state index is 13.2. The summed E-state index contributed by atoms with van der Waals surface area (Å²) in [5.41, 5.74) is 3.22. The van der Waals surface area contributed by atoms with E-state index in [1.165, 1.54) is 6.92 Å². The fraction of sp³-hybridized carbons (Fsp3) is 0.333. The molecule has 1 fully saturated rings. The lowest BCUT2D eigenvalue weighted by Crippen LogP contribution is -2.46. The largest absolute Gasteiger partial charge is 0.376 e. The molecule has 6 heteroatoms. The molecule has 6 nitrogen and oxygen atoms in total. The van der Waals surface area contributed by atoms with Crippen molar-refractivity contribution in [3.05, 3.63) is 59.7 Å². The number of nitrogens with one attached hydrogen (secondary N) is 2. The van der Waals surface area contributed by atoms with Gasteiger partial charge >= 0.3 is 0 Å². The highest BCUT2D eigenvalue weighted by Crippen LogP contribution is 2.34. The molecule has 0 bridgehead atoms. The summed E-state index contributed by atoms with van der Waals surface area (Å²) in [6.45, 7) is 2.79. The summed E-state index contributed by atoms with van der Waals surface area (Å²) in [4.78, 5) is 26.3. The number of carbonyl (C=O) groups excluding carboxylic acids is 2. The number of fused-ring (bicyclic) bond motifs is 1. The minimum absolute atomic E-state index is 0.00999. The predicted molar refractivity (Wildman–Crippen MR) is 104 cm³/mol. The zero-order valence-electron chi connectivity index (χ0n) is 15.3. The Kier molecular flexibility index (Phi) is 4.81. The first-order chi connectivity index (χ1) is 13.1. The molecule has 27 heavy (non-hydrogen) atoms. The van der Waals surface area contributed by atoms with Crippen molar-refractivity contribution >= 4 is 23.2 Å². The highest BCUT2D eigenvalue weighted by atomic mass is 16.5. The molecular formula is C21H23N3O3. The Morgan fingerprint density at radius 2 is 2.00 bits per heavy atom. The van der Waals surface area contributed by atoms with Crippen LogP contribution in [0.3, 0.4) is 0 Å². The second kappa shape index (κ2) is 7.40. The minimum Gasteiger partial charge on any atom is -0.376 e. The average molecular weight is 365 g/mol.